The van der Waals surface area contributed by atoms with Crippen molar-refractivity contribution in [3.8, 4) is 0 Å². The van der Waals surface area contributed by atoms with Crippen LogP contribution in [0.5, 0.6) is 0 Å². The van der Waals surface area contributed by atoms with Crippen LogP contribution in [0.3, 0.4) is 0 Å². The Balaban J connectivity index is 1.53. The van der Waals surface area contributed by atoms with Gasteiger partial charge in [-0.3, -0.25) is 0 Å². The molecule has 1 aliphatic carbocycles. The van der Waals surface area contributed by atoms with Gasteiger partial charge in [0.2, 0.25) is 0 Å². The fourth-order valence-corrected chi connectivity index (χ4v) is 2.93. The molecule has 2 nitrogen and oxygen atoms in total. The van der Waals surface area contributed by atoms with Gasteiger partial charge in [-0.2, -0.15) is 0 Å². The molecule has 0 saturated carbocycles. The predicted molar refractivity (Wildman–Crippen MR) is 79.0 cm³/mol. The minimum Gasteiger partial charge on any atom is -0.373 e. The molecule has 1 aromatic carbocycles. The smallest absolute Gasteiger partial charge is 0.0798 e. The Morgan fingerprint density at radius 2 is 2.16 bits per heavy atom. The zero-order valence-electron chi connectivity index (χ0n) is 10.8. The van der Waals surface area contributed by atoms with Crippen LogP contribution in [0.4, 0.5) is 0 Å². The van der Waals surface area contributed by atoms with Gasteiger partial charge in [0.05, 0.1) is 23.9 Å². The van der Waals surface area contributed by atoms with E-state index in [1.165, 1.54) is 11.1 Å². The highest BCUT2D eigenvalue weighted by atomic mass is 32.1. The van der Waals surface area contributed by atoms with E-state index in [0.29, 0.717) is 12.7 Å². The van der Waals surface area contributed by atoms with Gasteiger partial charge in [0.15, 0.2) is 0 Å². The predicted octanol–water partition coefficient (Wildman–Crippen LogP) is 4.30. The third-order valence-electron chi connectivity index (χ3n) is 3.45. The molecule has 0 fully saturated rings. The summed E-state index contributed by atoms with van der Waals surface area (Å²) in [6.07, 6.45) is 5.80. The number of nitrogens with zero attached hydrogens (tertiary/aromatic N) is 1. The Hall–Kier alpha value is -1.45. The molecule has 1 heterocycles. The summed E-state index contributed by atoms with van der Waals surface area (Å²) >= 11 is 1.66. The van der Waals surface area contributed by atoms with Crippen LogP contribution < -0.4 is 0 Å². The normalized spacial score (nSPS) is 19.2. The molecule has 0 saturated heterocycles. The van der Waals surface area contributed by atoms with E-state index < -0.39 is 0 Å². The van der Waals surface area contributed by atoms with Gasteiger partial charge in [-0.1, -0.05) is 36.4 Å². The molecule has 98 valence electrons. The second-order valence-corrected chi connectivity index (χ2v) is 5.51. The molecule has 1 unspecified atom stereocenters. The van der Waals surface area contributed by atoms with Crippen LogP contribution >= 0.6 is 11.3 Å². The van der Waals surface area contributed by atoms with Gasteiger partial charge in [0.1, 0.15) is 0 Å². The lowest BCUT2D eigenvalue weighted by Gasteiger charge is -2.21. The maximum absolute atomic E-state index is 5.97. The summed E-state index contributed by atoms with van der Waals surface area (Å²) < 4.78 is 5.97. The first-order chi connectivity index (χ1) is 9.42. The van der Waals surface area contributed by atoms with E-state index >= 15 is 0 Å². The van der Waals surface area contributed by atoms with Crippen molar-refractivity contribution in [3.63, 3.8) is 0 Å². The van der Waals surface area contributed by atoms with E-state index in [-0.39, 0.29) is 0 Å². The van der Waals surface area contributed by atoms with Crippen LogP contribution in [-0.4, -0.2) is 11.1 Å². The third kappa shape index (κ3) is 3.31. The van der Waals surface area contributed by atoms with Gasteiger partial charge in [0.25, 0.3) is 0 Å². The zero-order valence-corrected chi connectivity index (χ0v) is 11.6. The molecule has 0 radical (unpaired) electrons. The van der Waals surface area contributed by atoms with Crippen LogP contribution in [-0.2, 0) is 11.3 Å². The molecule has 0 bridgehead atoms. The highest BCUT2D eigenvalue weighted by molar-refractivity contribution is 7.07. The summed E-state index contributed by atoms with van der Waals surface area (Å²) in [7, 11) is 0. The molecule has 2 aromatic rings. The van der Waals surface area contributed by atoms with Crippen molar-refractivity contribution < 1.29 is 4.74 Å². The average Bonchev–Trinajstić information content (AvgIpc) is 3.01. The van der Waals surface area contributed by atoms with Crippen molar-refractivity contribution in [1.82, 2.24) is 4.98 Å². The molecule has 1 aliphatic rings. The van der Waals surface area contributed by atoms with Gasteiger partial charge < -0.3 is 4.74 Å². The lowest BCUT2D eigenvalue weighted by Crippen LogP contribution is -2.15. The van der Waals surface area contributed by atoms with Gasteiger partial charge in [0, 0.05) is 5.38 Å². The van der Waals surface area contributed by atoms with Crippen LogP contribution in [0.25, 0.3) is 5.57 Å². The molecule has 0 amide bonds. The van der Waals surface area contributed by atoms with E-state index in [1.807, 2.05) is 11.6 Å². The number of benzene rings is 1. The van der Waals surface area contributed by atoms with Gasteiger partial charge >= 0.3 is 0 Å². The number of hydrogen-bond donors (Lipinski definition) is 0. The van der Waals surface area contributed by atoms with Crippen molar-refractivity contribution in [2.45, 2.75) is 32.0 Å². The van der Waals surface area contributed by atoms with Crippen LogP contribution in [0, 0.1) is 0 Å². The molecule has 19 heavy (non-hydrogen) atoms. The number of aromatic nitrogens is 1. The fraction of sp³-hybridized carbons (Fsp3) is 0.312. The fourth-order valence-electron chi connectivity index (χ4n) is 2.35. The first-order valence-corrected chi connectivity index (χ1v) is 7.59. The molecule has 0 N–H and O–H groups in total. The number of thiazole rings is 1. The maximum Gasteiger partial charge on any atom is 0.0798 e. The molecule has 1 aromatic heterocycles. The summed E-state index contributed by atoms with van der Waals surface area (Å²) in [4.78, 5) is 4.37. The summed E-state index contributed by atoms with van der Waals surface area (Å²) in [5.41, 5.74) is 5.66. The van der Waals surface area contributed by atoms with E-state index in [2.05, 4.69) is 40.7 Å². The van der Waals surface area contributed by atoms with E-state index in [4.69, 9.17) is 4.74 Å². The van der Waals surface area contributed by atoms with Gasteiger partial charge in [-0.15, -0.1) is 11.3 Å². The highest BCUT2D eigenvalue weighted by Crippen LogP contribution is 2.28. The Morgan fingerprint density at radius 1 is 1.26 bits per heavy atom. The summed E-state index contributed by atoms with van der Waals surface area (Å²) in [6, 6.07) is 10.4. The first-order valence-electron chi connectivity index (χ1n) is 6.65. The van der Waals surface area contributed by atoms with Gasteiger partial charge in [-0.25, -0.2) is 4.98 Å². The SMILES string of the molecule is C1=C(c2cscn2)CCC(OCc2ccccc2)C1. The minimum absolute atomic E-state index is 0.350. The lowest BCUT2D eigenvalue weighted by atomic mass is 9.95. The monoisotopic (exact) mass is 271 g/mol. The van der Waals surface area contributed by atoms with Crippen molar-refractivity contribution in [2.24, 2.45) is 0 Å². The Labute approximate surface area is 117 Å². The highest BCUT2D eigenvalue weighted by Gasteiger charge is 2.16. The first kappa shape index (κ1) is 12.6. The molecule has 3 heteroatoms. The van der Waals surface area contributed by atoms with Gasteiger partial charge in [-0.05, 0) is 30.4 Å². The topological polar surface area (TPSA) is 22.1 Å². The van der Waals surface area contributed by atoms with E-state index in [9.17, 15) is 0 Å². The van der Waals surface area contributed by atoms with E-state index in [1.54, 1.807) is 11.3 Å². The summed E-state index contributed by atoms with van der Waals surface area (Å²) in [5.74, 6) is 0. The molecule has 0 aliphatic heterocycles. The number of ether oxygens (including phenoxy) is 1. The molecular weight excluding hydrogens is 254 g/mol. The molecular formula is C16H17NOS. The Bertz CT molecular complexity index is 533. The second kappa shape index (κ2) is 6.13. The quantitative estimate of drug-likeness (QED) is 0.827. The third-order valence-corrected chi connectivity index (χ3v) is 4.04. The summed E-state index contributed by atoms with van der Waals surface area (Å²) in [5, 5.41) is 2.12. The van der Waals surface area contributed by atoms with Crippen molar-refractivity contribution in [3.05, 3.63) is 58.6 Å². The largest absolute Gasteiger partial charge is 0.373 e. The molecule has 1 atom stereocenters. The minimum atomic E-state index is 0.350. The standard InChI is InChI=1S/C16H17NOS/c1-2-4-13(5-3-1)10-18-15-8-6-14(7-9-15)16-11-19-12-17-16/h1-6,11-12,15H,7-10H2. The van der Waals surface area contributed by atoms with Crippen LogP contribution in [0.15, 0.2) is 47.3 Å². The van der Waals surface area contributed by atoms with Crippen LogP contribution in [0.1, 0.15) is 30.5 Å². The second-order valence-electron chi connectivity index (χ2n) is 4.80. The number of hydrogen-bond acceptors (Lipinski definition) is 3. The Kier molecular flexibility index (Phi) is 4.06. The summed E-state index contributed by atoms with van der Waals surface area (Å²) in [6.45, 7) is 0.714. The number of allylic oxidation sites excluding steroid dienone is 1. The molecule has 3 rings (SSSR count). The number of rotatable bonds is 4. The average molecular weight is 271 g/mol. The van der Waals surface area contributed by atoms with Crippen molar-refractivity contribution in [1.29, 1.82) is 0 Å². The van der Waals surface area contributed by atoms with Crippen molar-refractivity contribution in [2.75, 3.05) is 0 Å². The Morgan fingerprint density at radius 3 is 2.84 bits per heavy atom. The van der Waals surface area contributed by atoms with Crippen LogP contribution in [0.2, 0.25) is 0 Å². The molecule has 0 spiro atoms. The van der Waals surface area contributed by atoms with E-state index in [0.717, 1.165) is 25.0 Å². The lowest BCUT2D eigenvalue weighted by molar-refractivity contribution is 0.0360. The maximum atomic E-state index is 5.97. The zero-order chi connectivity index (χ0) is 12.9. The van der Waals surface area contributed by atoms with Crippen molar-refractivity contribution >= 4 is 16.9 Å².